The van der Waals surface area contributed by atoms with Crippen LogP contribution in [0.4, 0.5) is 10.5 Å². The van der Waals surface area contributed by atoms with Crippen molar-refractivity contribution in [1.29, 1.82) is 0 Å². The zero-order valence-electron chi connectivity index (χ0n) is 16.9. The van der Waals surface area contributed by atoms with E-state index >= 15 is 0 Å². The van der Waals surface area contributed by atoms with E-state index in [0.717, 1.165) is 6.42 Å². The average Bonchev–Trinajstić information content (AvgIpc) is 3.06. The molecule has 0 saturated carbocycles. The van der Waals surface area contributed by atoms with Crippen LogP contribution in [0.3, 0.4) is 0 Å². The molecule has 3 rings (SSSR count). The highest BCUT2D eigenvalue weighted by Gasteiger charge is 2.45. The molecule has 4 N–H and O–H groups in total. The van der Waals surface area contributed by atoms with Crippen LogP contribution in [0.5, 0.6) is 0 Å². The van der Waals surface area contributed by atoms with Gasteiger partial charge >= 0.3 is 6.03 Å². The molecule has 1 heterocycles. The second kappa shape index (κ2) is 10.7. The van der Waals surface area contributed by atoms with Gasteiger partial charge in [-0.3, -0.25) is 4.90 Å². The Morgan fingerprint density at radius 3 is 2.63 bits per heavy atom. The molecule has 0 unspecified atom stereocenters. The summed E-state index contributed by atoms with van der Waals surface area (Å²) in [7, 11) is 1.92. The summed E-state index contributed by atoms with van der Waals surface area (Å²) in [5.41, 5.74) is 1.78. The average molecular weight is 434 g/mol. The Morgan fingerprint density at radius 2 is 1.93 bits per heavy atom. The molecule has 30 heavy (non-hydrogen) atoms. The Morgan fingerprint density at radius 1 is 1.17 bits per heavy atom. The molecule has 0 spiro atoms. The highest BCUT2D eigenvalue weighted by molar-refractivity contribution is 6.30. The molecule has 8 heteroatoms. The van der Waals surface area contributed by atoms with E-state index in [1.165, 1.54) is 5.56 Å². The number of amides is 2. The number of nitrogens with zero attached hydrogens (tertiary/aromatic N) is 1. The summed E-state index contributed by atoms with van der Waals surface area (Å²) in [5.74, 6) is 0. The van der Waals surface area contributed by atoms with E-state index in [1.54, 1.807) is 24.3 Å². The van der Waals surface area contributed by atoms with E-state index < -0.39 is 24.3 Å². The van der Waals surface area contributed by atoms with Crippen molar-refractivity contribution in [2.45, 2.75) is 30.8 Å². The number of urea groups is 1. The van der Waals surface area contributed by atoms with Gasteiger partial charge in [0, 0.05) is 23.8 Å². The highest BCUT2D eigenvalue weighted by Crippen LogP contribution is 2.25. The van der Waals surface area contributed by atoms with Crippen molar-refractivity contribution in [3.63, 3.8) is 0 Å². The van der Waals surface area contributed by atoms with Crippen molar-refractivity contribution in [3.8, 4) is 0 Å². The number of aliphatic hydroxyl groups excluding tert-OH is 2. The fourth-order valence-electron chi connectivity index (χ4n) is 3.72. The number of rotatable bonds is 8. The van der Waals surface area contributed by atoms with Crippen molar-refractivity contribution < 1.29 is 19.7 Å². The molecule has 0 bridgehead atoms. The topological polar surface area (TPSA) is 94.1 Å². The number of nitrogens with one attached hydrogen (secondary N) is 2. The summed E-state index contributed by atoms with van der Waals surface area (Å²) in [6, 6.07) is 16.2. The van der Waals surface area contributed by atoms with Crippen molar-refractivity contribution in [1.82, 2.24) is 10.2 Å². The molecule has 0 radical (unpaired) electrons. The Balaban J connectivity index is 1.57. The van der Waals surface area contributed by atoms with E-state index in [1.807, 2.05) is 30.1 Å². The highest BCUT2D eigenvalue weighted by atomic mass is 35.5. The number of carbonyl (C=O) groups is 1. The first-order valence-corrected chi connectivity index (χ1v) is 10.3. The number of benzene rings is 2. The monoisotopic (exact) mass is 433 g/mol. The van der Waals surface area contributed by atoms with Crippen molar-refractivity contribution in [2.24, 2.45) is 0 Å². The van der Waals surface area contributed by atoms with Crippen LogP contribution in [-0.2, 0) is 11.2 Å². The minimum absolute atomic E-state index is 0.195. The van der Waals surface area contributed by atoms with Gasteiger partial charge < -0.3 is 25.6 Å². The molecule has 1 aliphatic heterocycles. The number of carbonyl (C=O) groups excluding carboxylic acids is 1. The first-order chi connectivity index (χ1) is 14.5. The van der Waals surface area contributed by atoms with Gasteiger partial charge in [-0.15, -0.1) is 0 Å². The smallest absolute Gasteiger partial charge is 0.319 e. The molecular weight excluding hydrogens is 406 g/mol. The van der Waals surface area contributed by atoms with Crippen LogP contribution in [0, 0.1) is 0 Å². The minimum Gasteiger partial charge on any atom is -0.394 e. The van der Waals surface area contributed by atoms with Gasteiger partial charge in [-0.1, -0.05) is 48.0 Å². The molecule has 4 atom stereocenters. The summed E-state index contributed by atoms with van der Waals surface area (Å²) in [6.07, 6.45) is -1.17. The van der Waals surface area contributed by atoms with E-state index in [-0.39, 0.29) is 19.2 Å². The Bertz CT molecular complexity index is 823. The Kier molecular flexibility index (Phi) is 8.07. The van der Waals surface area contributed by atoms with Gasteiger partial charge in [0.1, 0.15) is 12.2 Å². The predicted molar refractivity (Wildman–Crippen MR) is 117 cm³/mol. The standard InChI is InChI=1S/C22H28ClN3O4/c1-26(11-10-15-6-3-2-4-7-15)20-18(30-19(14-27)21(20)28)13-24-22(29)25-17-9-5-8-16(23)12-17/h2-9,12,18-21,27-28H,10-11,13-14H2,1H3,(H2,24,25,29)/t18-,19+,20+,21-/m1/s1. The van der Waals surface area contributed by atoms with Crippen molar-refractivity contribution in [3.05, 3.63) is 65.2 Å². The summed E-state index contributed by atoms with van der Waals surface area (Å²) < 4.78 is 5.82. The zero-order valence-corrected chi connectivity index (χ0v) is 17.6. The van der Waals surface area contributed by atoms with Crippen LogP contribution in [0.2, 0.25) is 5.02 Å². The number of aliphatic hydroxyl groups is 2. The molecule has 1 fully saturated rings. The van der Waals surface area contributed by atoms with E-state index in [2.05, 4.69) is 22.8 Å². The van der Waals surface area contributed by atoms with Gasteiger partial charge in [0.05, 0.1) is 18.8 Å². The third-order valence-corrected chi connectivity index (χ3v) is 5.53. The first-order valence-electron chi connectivity index (χ1n) is 9.97. The van der Waals surface area contributed by atoms with Crippen LogP contribution in [0.1, 0.15) is 5.56 Å². The summed E-state index contributed by atoms with van der Waals surface area (Å²) >= 11 is 5.94. The zero-order chi connectivity index (χ0) is 21.5. The number of anilines is 1. The number of hydrogen-bond donors (Lipinski definition) is 4. The normalized spacial score (nSPS) is 23.5. The number of ether oxygens (including phenoxy) is 1. The lowest BCUT2D eigenvalue weighted by atomic mass is 10.0. The van der Waals surface area contributed by atoms with Crippen LogP contribution in [0.25, 0.3) is 0 Å². The fraction of sp³-hybridized carbons (Fsp3) is 0.409. The molecule has 7 nitrogen and oxygen atoms in total. The number of hydrogen-bond acceptors (Lipinski definition) is 5. The molecule has 1 aliphatic rings. The maximum atomic E-state index is 12.3. The van der Waals surface area contributed by atoms with Gasteiger partial charge in [0.15, 0.2) is 0 Å². The molecule has 0 aromatic heterocycles. The van der Waals surface area contributed by atoms with Crippen molar-refractivity contribution >= 4 is 23.3 Å². The van der Waals surface area contributed by atoms with Crippen LogP contribution in [0.15, 0.2) is 54.6 Å². The van der Waals surface area contributed by atoms with E-state index in [4.69, 9.17) is 16.3 Å². The molecular formula is C22H28ClN3O4. The van der Waals surface area contributed by atoms with Gasteiger partial charge in [-0.25, -0.2) is 4.79 Å². The second-order valence-corrected chi connectivity index (χ2v) is 7.87. The lowest BCUT2D eigenvalue weighted by Crippen LogP contribution is -2.50. The van der Waals surface area contributed by atoms with Crippen molar-refractivity contribution in [2.75, 3.05) is 32.1 Å². The molecule has 0 aliphatic carbocycles. The maximum Gasteiger partial charge on any atom is 0.319 e. The Labute approximate surface area is 181 Å². The van der Waals surface area contributed by atoms with Crippen LogP contribution < -0.4 is 10.6 Å². The van der Waals surface area contributed by atoms with Gasteiger partial charge in [-0.2, -0.15) is 0 Å². The minimum atomic E-state index is -0.849. The van der Waals surface area contributed by atoms with E-state index in [0.29, 0.717) is 17.3 Å². The first kappa shape index (κ1) is 22.5. The lowest BCUT2D eigenvalue weighted by molar-refractivity contribution is -0.0205. The predicted octanol–water partition coefficient (Wildman–Crippen LogP) is 2.13. The molecule has 2 amide bonds. The summed E-state index contributed by atoms with van der Waals surface area (Å²) in [5, 5.41) is 26.2. The summed E-state index contributed by atoms with van der Waals surface area (Å²) in [4.78, 5) is 14.3. The van der Waals surface area contributed by atoms with Gasteiger partial charge in [0.2, 0.25) is 0 Å². The van der Waals surface area contributed by atoms with Crippen LogP contribution >= 0.6 is 11.6 Å². The maximum absolute atomic E-state index is 12.3. The van der Waals surface area contributed by atoms with Gasteiger partial charge in [0.25, 0.3) is 0 Å². The third-order valence-electron chi connectivity index (χ3n) is 5.29. The number of likely N-dealkylation sites (N-methyl/N-ethyl adjacent to an activating group) is 1. The van der Waals surface area contributed by atoms with E-state index in [9.17, 15) is 15.0 Å². The quantitative estimate of drug-likeness (QED) is 0.511. The molecule has 2 aromatic carbocycles. The third kappa shape index (κ3) is 5.93. The lowest BCUT2D eigenvalue weighted by Gasteiger charge is -2.30. The van der Waals surface area contributed by atoms with Crippen LogP contribution in [-0.4, -0.2) is 72.2 Å². The molecule has 1 saturated heterocycles. The molecule has 162 valence electrons. The Hall–Kier alpha value is -2.16. The largest absolute Gasteiger partial charge is 0.394 e. The second-order valence-electron chi connectivity index (χ2n) is 7.44. The SMILES string of the molecule is CN(CCc1ccccc1)[C@@H]1[C@H](O)[C@H](CO)O[C@@H]1CNC(=O)Nc1cccc(Cl)c1. The van der Waals surface area contributed by atoms with Gasteiger partial charge in [-0.05, 0) is 37.2 Å². The number of halogens is 1. The fourth-order valence-corrected chi connectivity index (χ4v) is 3.91. The molecule has 2 aromatic rings. The summed E-state index contributed by atoms with van der Waals surface area (Å²) in [6.45, 7) is 0.619.